The Balaban J connectivity index is 1.40. The SMILES string of the molecule is CCC(CC)C(=O)N1CCC(NC(=O)NCc2ccc(-n3cccn3)cc2)CC1. The van der Waals surface area contributed by atoms with Crippen molar-refractivity contribution in [3.8, 4) is 5.69 Å². The summed E-state index contributed by atoms with van der Waals surface area (Å²) in [6.45, 7) is 6.03. The van der Waals surface area contributed by atoms with Gasteiger partial charge in [-0.3, -0.25) is 4.79 Å². The number of piperidine rings is 1. The molecule has 2 N–H and O–H groups in total. The molecule has 7 nitrogen and oxygen atoms in total. The summed E-state index contributed by atoms with van der Waals surface area (Å²) in [5.41, 5.74) is 2.01. The van der Waals surface area contributed by atoms with E-state index in [0.29, 0.717) is 6.54 Å². The molecule has 0 aliphatic carbocycles. The van der Waals surface area contributed by atoms with E-state index in [1.54, 1.807) is 10.9 Å². The van der Waals surface area contributed by atoms with Crippen molar-refractivity contribution in [2.24, 2.45) is 5.92 Å². The molecule has 2 heterocycles. The zero-order valence-electron chi connectivity index (χ0n) is 17.3. The predicted octanol–water partition coefficient (Wildman–Crippen LogP) is 3.10. The van der Waals surface area contributed by atoms with Gasteiger partial charge in [-0.1, -0.05) is 26.0 Å². The summed E-state index contributed by atoms with van der Waals surface area (Å²) in [5.74, 6) is 0.388. The van der Waals surface area contributed by atoms with Crippen LogP contribution in [0.4, 0.5) is 4.79 Å². The molecule has 0 radical (unpaired) electrons. The minimum atomic E-state index is -0.161. The zero-order valence-corrected chi connectivity index (χ0v) is 17.3. The number of carbonyl (C=O) groups excluding carboxylic acids is 2. The summed E-state index contributed by atoms with van der Waals surface area (Å²) >= 11 is 0. The minimum absolute atomic E-state index is 0.114. The Labute approximate surface area is 172 Å². The van der Waals surface area contributed by atoms with E-state index < -0.39 is 0 Å². The molecule has 2 aromatic rings. The summed E-state index contributed by atoms with van der Waals surface area (Å²) in [4.78, 5) is 26.7. The van der Waals surface area contributed by atoms with E-state index >= 15 is 0 Å². The molecular weight excluding hydrogens is 366 g/mol. The van der Waals surface area contributed by atoms with Crippen molar-refractivity contribution >= 4 is 11.9 Å². The molecule has 0 bridgehead atoms. The van der Waals surface area contributed by atoms with Crippen LogP contribution < -0.4 is 10.6 Å². The topological polar surface area (TPSA) is 79.3 Å². The number of hydrogen-bond acceptors (Lipinski definition) is 3. The van der Waals surface area contributed by atoms with E-state index in [0.717, 1.165) is 50.0 Å². The Hall–Kier alpha value is -2.83. The standard InChI is InChI=1S/C22H31N5O2/c1-3-18(4-2)21(28)26-14-10-19(11-15-26)25-22(29)23-16-17-6-8-20(9-7-17)27-13-5-12-24-27/h5-9,12-13,18-19H,3-4,10-11,14-16H2,1-2H3,(H2,23,25,29). The minimum Gasteiger partial charge on any atom is -0.342 e. The smallest absolute Gasteiger partial charge is 0.315 e. The first kappa shape index (κ1) is 20.9. The third kappa shape index (κ3) is 5.59. The highest BCUT2D eigenvalue weighted by molar-refractivity contribution is 5.79. The van der Waals surface area contributed by atoms with Crippen LogP contribution in [0.5, 0.6) is 0 Å². The zero-order chi connectivity index (χ0) is 20.6. The fourth-order valence-electron chi connectivity index (χ4n) is 3.75. The first-order chi connectivity index (χ1) is 14.1. The highest BCUT2D eigenvalue weighted by atomic mass is 16.2. The van der Waals surface area contributed by atoms with Gasteiger partial charge in [0.2, 0.25) is 5.91 Å². The fourth-order valence-corrected chi connectivity index (χ4v) is 3.75. The first-order valence-corrected chi connectivity index (χ1v) is 10.5. The van der Waals surface area contributed by atoms with Gasteiger partial charge in [0, 0.05) is 44.0 Å². The second kappa shape index (κ2) is 10.1. The second-order valence-electron chi connectivity index (χ2n) is 7.56. The Morgan fingerprint density at radius 1 is 1.14 bits per heavy atom. The molecule has 7 heteroatoms. The van der Waals surface area contributed by atoms with E-state index in [4.69, 9.17) is 0 Å². The highest BCUT2D eigenvalue weighted by Gasteiger charge is 2.27. The maximum Gasteiger partial charge on any atom is 0.315 e. The number of amides is 3. The number of nitrogens with zero attached hydrogens (tertiary/aromatic N) is 3. The number of aromatic nitrogens is 2. The number of hydrogen-bond donors (Lipinski definition) is 2. The van der Waals surface area contributed by atoms with E-state index in [2.05, 4.69) is 29.6 Å². The van der Waals surface area contributed by atoms with Crippen molar-refractivity contribution in [2.75, 3.05) is 13.1 Å². The molecule has 156 valence electrons. The lowest BCUT2D eigenvalue weighted by Gasteiger charge is -2.34. The normalized spacial score (nSPS) is 14.8. The van der Waals surface area contributed by atoms with E-state index in [1.807, 2.05) is 41.4 Å². The number of nitrogens with one attached hydrogen (secondary N) is 2. The molecule has 1 saturated heterocycles. The molecule has 1 aliphatic rings. The molecule has 0 atom stereocenters. The first-order valence-electron chi connectivity index (χ1n) is 10.5. The summed E-state index contributed by atoms with van der Waals surface area (Å²) in [6, 6.07) is 9.77. The van der Waals surface area contributed by atoms with Crippen LogP contribution in [0.2, 0.25) is 0 Å². The maximum absolute atomic E-state index is 12.5. The van der Waals surface area contributed by atoms with Gasteiger partial charge in [-0.05, 0) is 49.4 Å². The van der Waals surface area contributed by atoms with Crippen molar-refractivity contribution in [1.29, 1.82) is 0 Å². The van der Waals surface area contributed by atoms with Gasteiger partial charge in [0.25, 0.3) is 0 Å². The summed E-state index contributed by atoms with van der Waals surface area (Å²) in [6.07, 6.45) is 7.02. The van der Waals surface area contributed by atoms with E-state index in [9.17, 15) is 9.59 Å². The van der Waals surface area contributed by atoms with Gasteiger partial charge in [0.1, 0.15) is 0 Å². The van der Waals surface area contributed by atoms with Crippen LogP contribution in [0, 0.1) is 5.92 Å². The lowest BCUT2D eigenvalue weighted by Crippen LogP contribution is -2.50. The van der Waals surface area contributed by atoms with Crippen LogP contribution in [0.15, 0.2) is 42.7 Å². The summed E-state index contributed by atoms with van der Waals surface area (Å²) in [7, 11) is 0. The average molecular weight is 398 g/mol. The van der Waals surface area contributed by atoms with Crippen LogP contribution in [0.25, 0.3) is 5.69 Å². The molecule has 29 heavy (non-hydrogen) atoms. The molecule has 0 unspecified atom stereocenters. The van der Waals surface area contributed by atoms with Crippen molar-refractivity contribution in [2.45, 2.75) is 52.1 Å². The van der Waals surface area contributed by atoms with E-state index in [-0.39, 0.29) is 23.9 Å². The molecule has 1 fully saturated rings. The molecule has 3 rings (SSSR count). The molecule has 1 aliphatic heterocycles. The van der Waals surface area contributed by atoms with Crippen LogP contribution >= 0.6 is 0 Å². The quantitative estimate of drug-likeness (QED) is 0.753. The third-order valence-corrected chi connectivity index (χ3v) is 5.64. The van der Waals surface area contributed by atoms with Gasteiger partial charge in [-0.25, -0.2) is 9.48 Å². The average Bonchev–Trinajstić information content (AvgIpc) is 3.29. The van der Waals surface area contributed by atoms with Crippen molar-refractivity contribution in [3.63, 3.8) is 0 Å². The van der Waals surface area contributed by atoms with E-state index in [1.165, 1.54) is 0 Å². The number of carbonyl (C=O) groups is 2. The molecule has 1 aromatic carbocycles. The van der Waals surface area contributed by atoms with Crippen LogP contribution in [-0.4, -0.2) is 45.8 Å². The molecule has 0 spiro atoms. The second-order valence-corrected chi connectivity index (χ2v) is 7.56. The predicted molar refractivity (Wildman–Crippen MR) is 113 cm³/mol. The monoisotopic (exact) mass is 397 g/mol. The Morgan fingerprint density at radius 3 is 2.41 bits per heavy atom. The lowest BCUT2D eigenvalue weighted by molar-refractivity contribution is -0.136. The van der Waals surface area contributed by atoms with Gasteiger partial charge in [0.05, 0.1) is 5.69 Å². The van der Waals surface area contributed by atoms with Crippen molar-refractivity contribution < 1.29 is 9.59 Å². The van der Waals surface area contributed by atoms with Crippen LogP contribution in [0.1, 0.15) is 45.1 Å². The van der Waals surface area contributed by atoms with Crippen LogP contribution in [0.3, 0.4) is 0 Å². The Kier molecular flexibility index (Phi) is 7.27. The fraction of sp³-hybridized carbons (Fsp3) is 0.500. The number of rotatable bonds is 7. The van der Waals surface area contributed by atoms with Gasteiger partial charge in [0.15, 0.2) is 0 Å². The van der Waals surface area contributed by atoms with Gasteiger partial charge in [-0.2, -0.15) is 5.10 Å². The van der Waals surface area contributed by atoms with Crippen molar-refractivity contribution in [3.05, 3.63) is 48.3 Å². The molecule has 0 saturated carbocycles. The number of urea groups is 1. The number of benzene rings is 1. The van der Waals surface area contributed by atoms with Crippen LogP contribution in [-0.2, 0) is 11.3 Å². The Bertz CT molecular complexity index is 776. The molecular formula is C22H31N5O2. The summed E-state index contributed by atoms with van der Waals surface area (Å²) in [5, 5.41) is 10.2. The molecule has 1 aromatic heterocycles. The number of likely N-dealkylation sites (tertiary alicyclic amines) is 1. The maximum atomic E-state index is 12.5. The summed E-state index contributed by atoms with van der Waals surface area (Å²) < 4.78 is 1.80. The third-order valence-electron chi connectivity index (χ3n) is 5.64. The van der Waals surface area contributed by atoms with Gasteiger partial charge >= 0.3 is 6.03 Å². The molecule has 3 amide bonds. The lowest BCUT2D eigenvalue weighted by atomic mass is 9.98. The van der Waals surface area contributed by atoms with Crippen molar-refractivity contribution in [1.82, 2.24) is 25.3 Å². The van der Waals surface area contributed by atoms with Gasteiger partial charge in [-0.15, -0.1) is 0 Å². The largest absolute Gasteiger partial charge is 0.342 e. The van der Waals surface area contributed by atoms with Gasteiger partial charge < -0.3 is 15.5 Å². The highest BCUT2D eigenvalue weighted by Crippen LogP contribution is 2.17. The Morgan fingerprint density at radius 2 is 1.83 bits per heavy atom.